The highest BCUT2D eigenvalue weighted by Crippen LogP contribution is 2.29. The van der Waals surface area contributed by atoms with Gasteiger partial charge in [0.2, 0.25) is 0 Å². The van der Waals surface area contributed by atoms with E-state index in [-0.39, 0.29) is 50.5 Å². The van der Waals surface area contributed by atoms with Crippen LogP contribution >= 0.6 is 0 Å². The smallest absolute Gasteiger partial charge is 0.260 e. The predicted octanol–water partition coefficient (Wildman–Crippen LogP) is 6.77. The molecule has 4 heterocycles. The van der Waals surface area contributed by atoms with Gasteiger partial charge in [-0.3, -0.25) is 19.0 Å². The van der Waals surface area contributed by atoms with Gasteiger partial charge >= 0.3 is 0 Å². The average Bonchev–Trinajstić information content (AvgIpc) is 3.80. The highest BCUT2D eigenvalue weighted by molar-refractivity contribution is 5.95. The fraction of sp³-hybridized carbons (Fsp3) is 0.200. The van der Waals surface area contributed by atoms with E-state index in [2.05, 4.69) is 10.2 Å². The third kappa shape index (κ3) is 7.01. The Labute approximate surface area is 306 Å². The van der Waals surface area contributed by atoms with Crippen molar-refractivity contribution in [3.63, 3.8) is 0 Å². The average molecular weight is 737 g/mol. The molecule has 8 rings (SSSR count). The molecule has 6 aromatic rings. The number of para-hydroxylation sites is 1. The number of benzene rings is 4. The zero-order valence-electron chi connectivity index (χ0n) is 28.7. The zero-order valence-corrected chi connectivity index (χ0v) is 28.7. The molecule has 2 aliphatic rings. The number of carbonyl (C=O) groups is 2. The van der Waals surface area contributed by atoms with Crippen LogP contribution < -0.4 is 9.47 Å². The molecule has 274 valence electrons. The lowest BCUT2D eigenvalue weighted by Crippen LogP contribution is -2.39. The Morgan fingerprint density at radius 3 is 1.72 bits per heavy atom. The summed E-state index contributed by atoms with van der Waals surface area (Å²) >= 11 is 0. The molecule has 0 spiro atoms. The maximum Gasteiger partial charge on any atom is 0.260 e. The minimum Gasteiger partial charge on any atom is -0.487 e. The number of nitrogens with zero attached hydrogens (tertiary/aromatic N) is 6. The second kappa shape index (κ2) is 14.5. The van der Waals surface area contributed by atoms with Crippen LogP contribution in [0, 0.1) is 23.3 Å². The monoisotopic (exact) mass is 736 g/mol. The van der Waals surface area contributed by atoms with Gasteiger partial charge in [-0.05, 0) is 71.8 Å². The molecule has 54 heavy (non-hydrogen) atoms. The second-order valence-corrected chi connectivity index (χ2v) is 13.0. The fourth-order valence-electron chi connectivity index (χ4n) is 6.66. The Morgan fingerprint density at radius 2 is 1.13 bits per heavy atom. The lowest BCUT2D eigenvalue weighted by Gasteiger charge is -2.28. The van der Waals surface area contributed by atoms with Gasteiger partial charge in [-0.2, -0.15) is 10.2 Å². The number of hydrogen-bond acceptors (Lipinski definition) is 6. The first-order valence-corrected chi connectivity index (χ1v) is 17.2. The molecular weight excluding hydrogens is 704 g/mol. The maximum atomic E-state index is 15.4. The number of halogens is 4. The van der Waals surface area contributed by atoms with E-state index in [0.29, 0.717) is 41.5 Å². The molecule has 0 fully saturated rings. The van der Waals surface area contributed by atoms with Crippen molar-refractivity contribution in [1.29, 1.82) is 0 Å². The topological polar surface area (TPSA) is 94.7 Å². The fourth-order valence-corrected chi connectivity index (χ4v) is 6.66. The highest BCUT2D eigenvalue weighted by Gasteiger charge is 2.29. The number of amides is 2. The van der Waals surface area contributed by atoms with Crippen LogP contribution in [0.2, 0.25) is 0 Å². The lowest BCUT2D eigenvalue weighted by molar-refractivity contribution is 0.0690. The zero-order chi connectivity index (χ0) is 37.3. The standard InChI is InChI=1S/C40H32F4N6O4/c41-34-8-4-7-33(38(34)44)39(51)47-13-15-49-29(21-47)19-28(46-49)24-54-32-11-9-25(10-12-32)26-17-35(42)37(36(43)18-26)40(52)48-14-16-50-30(22-48)20-27(45-50)23-53-31-5-2-1-3-6-31/h1-12,17-20H,13-16,21-24H2. The van der Waals surface area contributed by atoms with E-state index in [1.807, 2.05) is 36.4 Å². The van der Waals surface area contributed by atoms with Gasteiger partial charge in [-0.15, -0.1) is 0 Å². The van der Waals surface area contributed by atoms with Gasteiger partial charge in [0.25, 0.3) is 11.8 Å². The summed E-state index contributed by atoms with van der Waals surface area (Å²) in [5.74, 6) is -4.33. The van der Waals surface area contributed by atoms with Gasteiger partial charge in [-0.1, -0.05) is 36.4 Å². The van der Waals surface area contributed by atoms with Gasteiger partial charge < -0.3 is 19.3 Å². The van der Waals surface area contributed by atoms with E-state index >= 15 is 8.78 Å². The van der Waals surface area contributed by atoms with Crippen molar-refractivity contribution in [2.24, 2.45) is 0 Å². The van der Waals surface area contributed by atoms with Crippen LogP contribution in [0.1, 0.15) is 43.5 Å². The Kier molecular flexibility index (Phi) is 9.32. The lowest BCUT2D eigenvalue weighted by atomic mass is 10.0. The first-order chi connectivity index (χ1) is 26.2. The van der Waals surface area contributed by atoms with Crippen LogP contribution in [-0.2, 0) is 39.4 Å². The molecule has 2 amide bonds. The molecule has 2 aliphatic heterocycles. The van der Waals surface area contributed by atoms with Crippen LogP contribution in [0.15, 0.2) is 97.1 Å². The minimum atomic E-state index is -1.17. The molecule has 0 saturated carbocycles. The Balaban J connectivity index is 0.876. The molecule has 0 atom stereocenters. The normalized spacial score (nSPS) is 13.7. The summed E-state index contributed by atoms with van der Waals surface area (Å²) in [4.78, 5) is 29.1. The third-order valence-corrected chi connectivity index (χ3v) is 9.41. The van der Waals surface area contributed by atoms with E-state index < -0.39 is 40.6 Å². The number of hydrogen-bond donors (Lipinski definition) is 0. The van der Waals surface area contributed by atoms with Crippen molar-refractivity contribution in [3.8, 4) is 22.6 Å². The summed E-state index contributed by atoms with van der Waals surface area (Å²) in [6, 6.07) is 25.4. The largest absolute Gasteiger partial charge is 0.487 e. The number of fused-ring (bicyclic) bond motifs is 2. The third-order valence-electron chi connectivity index (χ3n) is 9.41. The van der Waals surface area contributed by atoms with Gasteiger partial charge in [0.05, 0.1) is 43.1 Å². The SMILES string of the molecule is O=C(c1cccc(F)c1F)N1CCn2nc(COc3ccc(-c4cc(F)c(C(=O)N5CCn6nc(COc7ccccc7)cc6C5)c(F)c4)cc3)cc2C1. The Morgan fingerprint density at radius 1 is 0.574 bits per heavy atom. The summed E-state index contributed by atoms with van der Waals surface area (Å²) in [5.41, 5.74) is 2.58. The molecule has 10 nitrogen and oxygen atoms in total. The molecule has 0 bridgehead atoms. The molecule has 0 saturated heterocycles. The molecule has 0 unspecified atom stereocenters. The molecule has 0 radical (unpaired) electrons. The summed E-state index contributed by atoms with van der Waals surface area (Å²) in [5, 5.41) is 9.07. The van der Waals surface area contributed by atoms with Gasteiger partial charge in [0.15, 0.2) is 11.6 Å². The van der Waals surface area contributed by atoms with E-state index in [9.17, 15) is 18.4 Å². The van der Waals surface area contributed by atoms with Crippen LogP contribution in [0.4, 0.5) is 17.6 Å². The van der Waals surface area contributed by atoms with Gasteiger partial charge in [-0.25, -0.2) is 17.6 Å². The second-order valence-electron chi connectivity index (χ2n) is 13.0. The Bertz CT molecular complexity index is 2340. The maximum absolute atomic E-state index is 15.4. The molecular formula is C40H32F4N6O4. The van der Waals surface area contributed by atoms with Crippen molar-refractivity contribution in [2.45, 2.75) is 39.4 Å². The van der Waals surface area contributed by atoms with Crippen LogP contribution in [0.5, 0.6) is 11.5 Å². The van der Waals surface area contributed by atoms with E-state index in [4.69, 9.17) is 9.47 Å². The van der Waals surface area contributed by atoms with Crippen LogP contribution in [0.3, 0.4) is 0 Å². The molecule has 14 heteroatoms. The summed E-state index contributed by atoms with van der Waals surface area (Å²) in [6.07, 6.45) is 0. The van der Waals surface area contributed by atoms with Crippen LogP contribution in [-0.4, -0.2) is 54.3 Å². The molecule has 0 aliphatic carbocycles. The van der Waals surface area contributed by atoms with Crippen molar-refractivity contribution in [3.05, 3.63) is 154 Å². The Hall–Kier alpha value is -6.44. The van der Waals surface area contributed by atoms with Gasteiger partial charge in [0.1, 0.15) is 53.3 Å². The van der Waals surface area contributed by atoms with Crippen LogP contribution in [0.25, 0.3) is 11.1 Å². The van der Waals surface area contributed by atoms with E-state index in [1.165, 1.54) is 21.9 Å². The number of aromatic nitrogens is 4. The van der Waals surface area contributed by atoms with E-state index in [0.717, 1.165) is 29.6 Å². The highest BCUT2D eigenvalue weighted by atomic mass is 19.2. The van der Waals surface area contributed by atoms with Crippen molar-refractivity contribution >= 4 is 11.8 Å². The summed E-state index contributed by atoms with van der Waals surface area (Å²) < 4.78 is 73.9. The van der Waals surface area contributed by atoms with Crippen molar-refractivity contribution in [2.75, 3.05) is 13.1 Å². The van der Waals surface area contributed by atoms with Crippen molar-refractivity contribution in [1.82, 2.24) is 29.4 Å². The van der Waals surface area contributed by atoms with Gasteiger partial charge in [0, 0.05) is 13.1 Å². The quantitative estimate of drug-likeness (QED) is 0.152. The number of rotatable bonds is 9. The number of ether oxygens (including phenoxy) is 2. The molecule has 4 aromatic carbocycles. The summed E-state index contributed by atoms with van der Waals surface area (Å²) in [7, 11) is 0. The minimum absolute atomic E-state index is 0.103. The van der Waals surface area contributed by atoms with Crippen molar-refractivity contribution < 1.29 is 36.6 Å². The first-order valence-electron chi connectivity index (χ1n) is 17.2. The molecule has 0 N–H and O–H groups in total. The predicted molar refractivity (Wildman–Crippen MR) is 187 cm³/mol. The number of carbonyl (C=O) groups excluding carboxylic acids is 2. The summed E-state index contributed by atoms with van der Waals surface area (Å²) in [6.45, 7) is 1.94. The first kappa shape index (κ1) is 34.6. The molecule has 2 aromatic heterocycles. The van der Waals surface area contributed by atoms with E-state index in [1.54, 1.807) is 39.7 Å².